The molecular weight excluding hydrogens is 195 g/mol. The Morgan fingerprint density at radius 1 is 1.27 bits per heavy atom. The van der Waals surface area contributed by atoms with Crippen LogP contribution < -0.4 is 4.74 Å². The molecule has 0 aliphatic heterocycles. The molecule has 0 unspecified atom stereocenters. The van der Waals surface area contributed by atoms with E-state index >= 15 is 0 Å². The summed E-state index contributed by atoms with van der Waals surface area (Å²) < 4.78 is 17.1. The topological polar surface area (TPSA) is 29.5 Å². The van der Waals surface area contributed by atoms with Crippen molar-refractivity contribution in [3.63, 3.8) is 0 Å². The number of ether oxygens (including phenoxy) is 1. The molecule has 1 N–H and O–H groups in total. The molecule has 84 valence electrons. The van der Waals surface area contributed by atoms with Crippen molar-refractivity contribution in [1.82, 2.24) is 0 Å². The van der Waals surface area contributed by atoms with Gasteiger partial charge in [0.25, 0.3) is 0 Å². The molecule has 0 saturated carbocycles. The van der Waals surface area contributed by atoms with Gasteiger partial charge in [0.2, 0.25) is 0 Å². The molecule has 15 heavy (non-hydrogen) atoms. The van der Waals surface area contributed by atoms with Crippen LogP contribution in [0.15, 0.2) is 24.3 Å². The quantitative estimate of drug-likeness (QED) is 0.760. The first-order valence-corrected chi connectivity index (χ1v) is 5.06. The number of halogens is 1. The van der Waals surface area contributed by atoms with Crippen LogP contribution in [-0.2, 0) is 5.60 Å². The van der Waals surface area contributed by atoms with E-state index in [0.717, 1.165) is 5.56 Å². The van der Waals surface area contributed by atoms with Gasteiger partial charge in [-0.2, -0.15) is 0 Å². The Hall–Kier alpha value is -1.09. The SMILES string of the molecule is CC(C)(O)c1ccc(OCCCF)cc1. The molecule has 0 atom stereocenters. The summed E-state index contributed by atoms with van der Waals surface area (Å²) in [7, 11) is 0. The first-order chi connectivity index (χ1) is 7.04. The zero-order valence-corrected chi connectivity index (χ0v) is 9.16. The second kappa shape index (κ2) is 5.12. The first kappa shape index (κ1) is 12.0. The third kappa shape index (κ3) is 3.88. The van der Waals surface area contributed by atoms with Gasteiger partial charge in [-0.05, 0) is 31.5 Å². The number of hydrogen-bond donors (Lipinski definition) is 1. The molecule has 0 bridgehead atoms. The van der Waals surface area contributed by atoms with Crippen molar-refractivity contribution in [2.45, 2.75) is 25.9 Å². The molecule has 2 nitrogen and oxygen atoms in total. The first-order valence-electron chi connectivity index (χ1n) is 5.06. The van der Waals surface area contributed by atoms with Gasteiger partial charge in [-0.15, -0.1) is 0 Å². The van der Waals surface area contributed by atoms with Gasteiger partial charge >= 0.3 is 0 Å². The van der Waals surface area contributed by atoms with E-state index in [1.54, 1.807) is 26.0 Å². The number of hydrogen-bond acceptors (Lipinski definition) is 2. The monoisotopic (exact) mass is 212 g/mol. The maximum Gasteiger partial charge on any atom is 0.119 e. The van der Waals surface area contributed by atoms with E-state index in [9.17, 15) is 9.50 Å². The van der Waals surface area contributed by atoms with E-state index in [1.165, 1.54) is 0 Å². The van der Waals surface area contributed by atoms with E-state index in [2.05, 4.69) is 0 Å². The van der Waals surface area contributed by atoms with E-state index in [0.29, 0.717) is 18.8 Å². The molecule has 0 amide bonds. The van der Waals surface area contributed by atoms with Crippen LogP contribution in [0.4, 0.5) is 4.39 Å². The summed E-state index contributed by atoms with van der Waals surface area (Å²) >= 11 is 0. The molecule has 0 saturated heterocycles. The maximum atomic E-state index is 11.8. The van der Waals surface area contributed by atoms with Crippen molar-refractivity contribution < 1.29 is 14.2 Å². The Bertz CT molecular complexity index is 287. The second-order valence-electron chi connectivity index (χ2n) is 3.97. The highest BCUT2D eigenvalue weighted by molar-refractivity contribution is 5.30. The van der Waals surface area contributed by atoms with Gasteiger partial charge in [0, 0.05) is 6.42 Å². The molecule has 0 spiro atoms. The average Bonchev–Trinajstić information content (AvgIpc) is 2.18. The summed E-state index contributed by atoms with van der Waals surface area (Å²) in [5.74, 6) is 0.705. The number of benzene rings is 1. The Labute approximate surface area is 89.7 Å². The van der Waals surface area contributed by atoms with Crippen molar-refractivity contribution in [3.8, 4) is 5.75 Å². The number of alkyl halides is 1. The van der Waals surface area contributed by atoms with Crippen molar-refractivity contribution in [3.05, 3.63) is 29.8 Å². The zero-order valence-electron chi connectivity index (χ0n) is 9.16. The van der Waals surface area contributed by atoms with Gasteiger partial charge in [-0.25, -0.2) is 0 Å². The molecular formula is C12H17FO2. The summed E-state index contributed by atoms with van der Waals surface area (Å²) in [5, 5.41) is 9.70. The summed E-state index contributed by atoms with van der Waals surface area (Å²) in [4.78, 5) is 0. The molecule has 0 aromatic heterocycles. The minimum Gasteiger partial charge on any atom is -0.494 e. The van der Waals surface area contributed by atoms with Gasteiger partial charge in [0.1, 0.15) is 5.75 Å². The summed E-state index contributed by atoms with van der Waals surface area (Å²) in [5.41, 5.74) is -0.00220. The normalized spacial score (nSPS) is 11.5. The van der Waals surface area contributed by atoms with Crippen LogP contribution in [0, 0.1) is 0 Å². The summed E-state index contributed by atoms with van der Waals surface area (Å²) in [6.45, 7) is 3.48. The molecule has 0 fully saturated rings. The predicted molar refractivity (Wildman–Crippen MR) is 57.8 cm³/mol. The van der Waals surface area contributed by atoms with E-state index in [4.69, 9.17) is 4.74 Å². The van der Waals surface area contributed by atoms with Crippen molar-refractivity contribution >= 4 is 0 Å². The second-order valence-corrected chi connectivity index (χ2v) is 3.97. The van der Waals surface area contributed by atoms with Crippen LogP contribution in [0.3, 0.4) is 0 Å². The van der Waals surface area contributed by atoms with Crippen LogP contribution in [0.1, 0.15) is 25.8 Å². The fraction of sp³-hybridized carbons (Fsp3) is 0.500. The lowest BCUT2D eigenvalue weighted by Gasteiger charge is -2.17. The lowest BCUT2D eigenvalue weighted by molar-refractivity contribution is 0.0785. The largest absolute Gasteiger partial charge is 0.494 e. The van der Waals surface area contributed by atoms with Crippen LogP contribution in [0.5, 0.6) is 5.75 Å². The van der Waals surface area contributed by atoms with Crippen molar-refractivity contribution in [1.29, 1.82) is 0 Å². The van der Waals surface area contributed by atoms with Gasteiger partial charge in [-0.1, -0.05) is 12.1 Å². The van der Waals surface area contributed by atoms with Gasteiger partial charge in [0.05, 0.1) is 18.9 Å². The van der Waals surface area contributed by atoms with Crippen LogP contribution >= 0.6 is 0 Å². The van der Waals surface area contributed by atoms with Gasteiger partial charge < -0.3 is 9.84 Å². The van der Waals surface area contributed by atoms with E-state index < -0.39 is 5.60 Å². The minimum atomic E-state index is -0.836. The molecule has 0 radical (unpaired) electrons. The Morgan fingerprint density at radius 3 is 2.33 bits per heavy atom. The molecule has 0 aliphatic carbocycles. The average molecular weight is 212 g/mol. The molecule has 0 heterocycles. The Morgan fingerprint density at radius 2 is 1.87 bits per heavy atom. The minimum absolute atomic E-state index is 0.359. The van der Waals surface area contributed by atoms with Crippen LogP contribution in [-0.4, -0.2) is 18.4 Å². The molecule has 1 rings (SSSR count). The summed E-state index contributed by atoms with van der Waals surface area (Å²) in [6.07, 6.45) is 0.410. The van der Waals surface area contributed by atoms with Crippen LogP contribution in [0.25, 0.3) is 0 Å². The lowest BCUT2D eigenvalue weighted by Crippen LogP contribution is -2.15. The molecule has 3 heteroatoms. The van der Waals surface area contributed by atoms with Crippen LogP contribution in [0.2, 0.25) is 0 Å². The summed E-state index contributed by atoms with van der Waals surface area (Å²) in [6, 6.07) is 7.19. The van der Waals surface area contributed by atoms with Gasteiger partial charge in [0.15, 0.2) is 0 Å². The van der Waals surface area contributed by atoms with Crippen molar-refractivity contribution in [2.24, 2.45) is 0 Å². The highest BCUT2D eigenvalue weighted by Gasteiger charge is 2.14. The Balaban J connectivity index is 2.57. The highest BCUT2D eigenvalue weighted by atomic mass is 19.1. The Kier molecular flexibility index (Phi) is 4.09. The van der Waals surface area contributed by atoms with E-state index in [1.807, 2.05) is 12.1 Å². The molecule has 1 aromatic carbocycles. The van der Waals surface area contributed by atoms with E-state index in [-0.39, 0.29) is 6.67 Å². The highest BCUT2D eigenvalue weighted by Crippen LogP contribution is 2.22. The third-order valence-corrected chi connectivity index (χ3v) is 2.11. The predicted octanol–water partition coefficient (Wildman–Crippen LogP) is 2.65. The fourth-order valence-electron chi connectivity index (χ4n) is 1.20. The fourth-order valence-corrected chi connectivity index (χ4v) is 1.20. The standard InChI is InChI=1S/C12H17FO2/c1-12(2,14)10-4-6-11(7-5-10)15-9-3-8-13/h4-7,14H,3,8-9H2,1-2H3. The third-order valence-electron chi connectivity index (χ3n) is 2.11. The molecule has 1 aromatic rings. The van der Waals surface area contributed by atoms with Crippen molar-refractivity contribution in [2.75, 3.05) is 13.3 Å². The number of rotatable bonds is 5. The zero-order chi connectivity index (χ0) is 11.3. The van der Waals surface area contributed by atoms with Gasteiger partial charge in [-0.3, -0.25) is 4.39 Å². The molecule has 0 aliphatic rings. The number of aliphatic hydroxyl groups is 1. The lowest BCUT2D eigenvalue weighted by atomic mass is 9.99. The smallest absolute Gasteiger partial charge is 0.119 e. The maximum absolute atomic E-state index is 11.8.